The molecule has 0 spiro atoms. The fourth-order valence-corrected chi connectivity index (χ4v) is 2.62. The Bertz CT molecular complexity index is 635. The molecule has 1 aliphatic heterocycles. The van der Waals surface area contributed by atoms with Crippen LogP contribution in [-0.4, -0.2) is 57.5 Å². The van der Waals surface area contributed by atoms with Gasteiger partial charge in [-0.1, -0.05) is 6.92 Å². The second-order valence-electron chi connectivity index (χ2n) is 5.75. The predicted octanol–water partition coefficient (Wildman–Crippen LogP) is 1.62. The van der Waals surface area contributed by atoms with Gasteiger partial charge in [0.1, 0.15) is 0 Å². The van der Waals surface area contributed by atoms with Crippen LogP contribution in [0.1, 0.15) is 18.3 Å². The molecular formula is C16H24N6O. The molecule has 0 aliphatic carbocycles. The van der Waals surface area contributed by atoms with E-state index in [1.807, 2.05) is 30.1 Å². The molecule has 0 aromatic carbocycles. The highest BCUT2D eigenvalue weighted by atomic mass is 16.5. The van der Waals surface area contributed by atoms with Gasteiger partial charge in [0.15, 0.2) is 0 Å². The number of hydrogen-bond donors (Lipinski definition) is 1. The van der Waals surface area contributed by atoms with Crippen molar-refractivity contribution in [1.82, 2.24) is 24.6 Å². The number of anilines is 2. The van der Waals surface area contributed by atoms with Crippen molar-refractivity contribution in [3.63, 3.8) is 0 Å². The molecule has 1 N–H and O–H groups in total. The van der Waals surface area contributed by atoms with Crippen LogP contribution in [0.4, 0.5) is 11.6 Å². The molecule has 1 aliphatic rings. The molecule has 2 aromatic heterocycles. The van der Waals surface area contributed by atoms with Crippen LogP contribution in [0.5, 0.6) is 0 Å². The van der Waals surface area contributed by atoms with Crippen LogP contribution in [0.25, 0.3) is 0 Å². The number of rotatable bonds is 6. The Labute approximate surface area is 136 Å². The summed E-state index contributed by atoms with van der Waals surface area (Å²) in [6, 6.07) is 2.01. The lowest BCUT2D eigenvalue weighted by Crippen LogP contribution is -2.38. The van der Waals surface area contributed by atoms with Crippen molar-refractivity contribution >= 4 is 11.6 Å². The van der Waals surface area contributed by atoms with Crippen LogP contribution in [0.2, 0.25) is 0 Å². The van der Waals surface area contributed by atoms with Gasteiger partial charge in [-0.15, -0.1) is 0 Å². The van der Waals surface area contributed by atoms with Crippen LogP contribution in [0.3, 0.4) is 0 Å². The van der Waals surface area contributed by atoms with E-state index in [1.54, 1.807) is 0 Å². The number of morpholine rings is 1. The summed E-state index contributed by atoms with van der Waals surface area (Å²) in [6.45, 7) is 9.61. The molecule has 3 rings (SSSR count). The zero-order valence-electron chi connectivity index (χ0n) is 13.8. The zero-order valence-corrected chi connectivity index (χ0v) is 13.8. The Morgan fingerprint density at radius 1 is 1.22 bits per heavy atom. The molecule has 0 radical (unpaired) electrons. The van der Waals surface area contributed by atoms with E-state index in [1.165, 1.54) is 0 Å². The first-order valence-electron chi connectivity index (χ1n) is 8.17. The van der Waals surface area contributed by atoms with E-state index in [9.17, 15) is 0 Å². The zero-order chi connectivity index (χ0) is 16.1. The lowest BCUT2D eigenvalue weighted by atomic mass is 10.3. The van der Waals surface area contributed by atoms with E-state index >= 15 is 0 Å². The highest BCUT2D eigenvalue weighted by molar-refractivity contribution is 5.50. The molecule has 3 heterocycles. The molecular weight excluding hydrogens is 292 g/mol. The number of nitrogens with zero attached hydrogens (tertiary/aromatic N) is 5. The van der Waals surface area contributed by atoms with Crippen molar-refractivity contribution in [1.29, 1.82) is 0 Å². The summed E-state index contributed by atoms with van der Waals surface area (Å²) in [7, 11) is 0. The molecule has 124 valence electrons. The van der Waals surface area contributed by atoms with Crippen LogP contribution in [0.15, 0.2) is 18.5 Å². The Morgan fingerprint density at radius 2 is 2.04 bits per heavy atom. The van der Waals surface area contributed by atoms with Gasteiger partial charge in [-0.25, -0.2) is 9.97 Å². The number of aromatic nitrogens is 4. The molecule has 0 saturated carbocycles. The van der Waals surface area contributed by atoms with Crippen LogP contribution in [0, 0.1) is 6.92 Å². The van der Waals surface area contributed by atoms with Crippen molar-refractivity contribution in [2.75, 3.05) is 38.2 Å². The summed E-state index contributed by atoms with van der Waals surface area (Å²) < 4.78 is 7.32. The van der Waals surface area contributed by atoms with Gasteiger partial charge in [-0.05, 0) is 19.4 Å². The molecule has 23 heavy (non-hydrogen) atoms. The maximum Gasteiger partial charge on any atom is 0.227 e. The molecule has 0 amide bonds. The Morgan fingerprint density at radius 3 is 2.83 bits per heavy atom. The minimum Gasteiger partial charge on any atom is -0.379 e. The largest absolute Gasteiger partial charge is 0.379 e. The van der Waals surface area contributed by atoms with E-state index in [4.69, 9.17) is 4.74 Å². The minimum absolute atomic E-state index is 0.634. The Hall–Kier alpha value is -1.99. The monoisotopic (exact) mass is 316 g/mol. The second kappa shape index (κ2) is 7.52. The Balaban J connectivity index is 1.57. The first kappa shape index (κ1) is 15.9. The van der Waals surface area contributed by atoms with Crippen LogP contribution in [-0.2, 0) is 17.7 Å². The summed E-state index contributed by atoms with van der Waals surface area (Å²) in [5, 5.41) is 7.64. The number of aryl methyl sites for hydroxylation is 2. The summed E-state index contributed by atoms with van der Waals surface area (Å²) in [5.74, 6) is 0.634. The van der Waals surface area contributed by atoms with Gasteiger partial charge in [0.2, 0.25) is 5.95 Å². The lowest BCUT2D eigenvalue weighted by molar-refractivity contribution is 0.0360. The summed E-state index contributed by atoms with van der Waals surface area (Å²) in [4.78, 5) is 11.3. The van der Waals surface area contributed by atoms with E-state index in [0.29, 0.717) is 5.95 Å². The van der Waals surface area contributed by atoms with E-state index < -0.39 is 0 Å². The van der Waals surface area contributed by atoms with Gasteiger partial charge < -0.3 is 10.1 Å². The van der Waals surface area contributed by atoms with Gasteiger partial charge in [0.25, 0.3) is 0 Å². The fraction of sp³-hybridized carbons (Fsp3) is 0.562. The van der Waals surface area contributed by atoms with E-state index in [-0.39, 0.29) is 0 Å². The highest BCUT2D eigenvalue weighted by Gasteiger charge is 2.10. The SMILES string of the molecule is CCc1cc(C)nc(Nc2cnn(CCN3CCOCC3)c2)n1. The third-order valence-corrected chi connectivity index (χ3v) is 3.91. The molecule has 1 fully saturated rings. The molecule has 1 saturated heterocycles. The molecule has 7 heteroatoms. The van der Waals surface area contributed by atoms with E-state index in [0.717, 1.165) is 62.9 Å². The number of ether oxygens (including phenoxy) is 1. The maximum atomic E-state index is 5.36. The maximum absolute atomic E-state index is 5.36. The first-order chi connectivity index (χ1) is 11.2. The minimum atomic E-state index is 0.634. The normalized spacial score (nSPS) is 15.7. The first-order valence-corrected chi connectivity index (χ1v) is 8.17. The van der Waals surface area contributed by atoms with Crippen molar-refractivity contribution in [2.24, 2.45) is 0 Å². The molecule has 0 unspecified atom stereocenters. The van der Waals surface area contributed by atoms with Gasteiger partial charge in [-0.3, -0.25) is 9.58 Å². The third-order valence-electron chi connectivity index (χ3n) is 3.91. The lowest BCUT2D eigenvalue weighted by Gasteiger charge is -2.26. The van der Waals surface area contributed by atoms with Gasteiger partial charge in [0.05, 0.1) is 31.6 Å². The van der Waals surface area contributed by atoms with Gasteiger partial charge >= 0.3 is 0 Å². The topological polar surface area (TPSA) is 68.1 Å². The fourth-order valence-electron chi connectivity index (χ4n) is 2.62. The summed E-state index contributed by atoms with van der Waals surface area (Å²) in [6.07, 6.45) is 4.71. The van der Waals surface area contributed by atoms with Crippen molar-refractivity contribution in [3.05, 3.63) is 29.8 Å². The quantitative estimate of drug-likeness (QED) is 0.873. The number of hydrogen-bond acceptors (Lipinski definition) is 6. The average Bonchev–Trinajstić information content (AvgIpc) is 3.00. The third kappa shape index (κ3) is 4.49. The van der Waals surface area contributed by atoms with Crippen molar-refractivity contribution in [3.8, 4) is 0 Å². The predicted molar refractivity (Wildman–Crippen MR) is 88.9 cm³/mol. The summed E-state index contributed by atoms with van der Waals surface area (Å²) in [5.41, 5.74) is 2.93. The van der Waals surface area contributed by atoms with Gasteiger partial charge in [-0.2, -0.15) is 5.10 Å². The van der Waals surface area contributed by atoms with Crippen LogP contribution >= 0.6 is 0 Å². The van der Waals surface area contributed by atoms with Crippen molar-refractivity contribution < 1.29 is 4.74 Å². The standard InChI is InChI=1S/C16H24N6O/c1-3-14-10-13(2)18-16(19-14)20-15-11-17-22(12-15)5-4-21-6-8-23-9-7-21/h10-12H,3-9H2,1-2H3,(H,18,19,20). The molecule has 0 bridgehead atoms. The smallest absolute Gasteiger partial charge is 0.227 e. The second-order valence-corrected chi connectivity index (χ2v) is 5.75. The summed E-state index contributed by atoms with van der Waals surface area (Å²) >= 11 is 0. The highest BCUT2D eigenvalue weighted by Crippen LogP contribution is 2.13. The average molecular weight is 316 g/mol. The van der Waals surface area contributed by atoms with Gasteiger partial charge in [0, 0.05) is 37.2 Å². The molecule has 2 aromatic rings. The van der Waals surface area contributed by atoms with Crippen molar-refractivity contribution in [2.45, 2.75) is 26.8 Å². The van der Waals surface area contributed by atoms with E-state index in [2.05, 4.69) is 32.2 Å². The molecule has 7 nitrogen and oxygen atoms in total. The van der Waals surface area contributed by atoms with Crippen LogP contribution < -0.4 is 5.32 Å². The Kier molecular flexibility index (Phi) is 5.19. The number of nitrogens with one attached hydrogen (secondary N) is 1. The molecule has 0 atom stereocenters.